The number of pyridine rings is 1. The van der Waals surface area contributed by atoms with Gasteiger partial charge in [-0.25, -0.2) is 9.50 Å². The van der Waals surface area contributed by atoms with Crippen LogP contribution in [0.4, 0.5) is 0 Å². The molecule has 2 rings (SSSR count). The second-order valence-corrected chi connectivity index (χ2v) is 3.40. The summed E-state index contributed by atoms with van der Waals surface area (Å²) in [5.74, 6) is 0.800. The molecule has 0 fully saturated rings. The third kappa shape index (κ3) is 1.84. The first kappa shape index (κ1) is 10.1. The summed E-state index contributed by atoms with van der Waals surface area (Å²) < 4.78 is 1.67. The molecule has 0 saturated carbocycles. The van der Waals surface area contributed by atoms with Crippen LogP contribution in [-0.2, 0) is 6.42 Å². The Balaban J connectivity index is 2.45. The van der Waals surface area contributed by atoms with Crippen LogP contribution in [0.2, 0.25) is 0 Å². The van der Waals surface area contributed by atoms with Gasteiger partial charge in [-0.2, -0.15) is 5.10 Å². The van der Waals surface area contributed by atoms with E-state index in [0.717, 1.165) is 23.5 Å². The van der Waals surface area contributed by atoms with Gasteiger partial charge in [0.05, 0.1) is 6.10 Å². The number of rotatable bonds is 3. The smallest absolute Gasteiger partial charge is 0.155 e. The summed E-state index contributed by atoms with van der Waals surface area (Å²) >= 11 is 0. The maximum atomic E-state index is 9.57. The molecule has 0 saturated heterocycles. The van der Waals surface area contributed by atoms with E-state index >= 15 is 0 Å². The average Bonchev–Trinajstić information content (AvgIpc) is 2.69. The molecular weight excluding hydrogens is 192 g/mol. The van der Waals surface area contributed by atoms with E-state index < -0.39 is 6.10 Å². The number of aliphatic hydroxyl groups is 1. The average molecular weight is 206 g/mol. The van der Waals surface area contributed by atoms with Crippen LogP contribution in [0, 0.1) is 0 Å². The summed E-state index contributed by atoms with van der Waals surface area (Å²) in [6.07, 6.45) is 1.93. The van der Waals surface area contributed by atoms with Crippen molar-refractivity contribution in [1.29, 1.82) is 0 Å². The number of hydrogen-bond acceptors (Lipinski definition) is 4. The summed E-state index contributed by atoms with van der Waals surface area (Å²) in [7, 11) is 0. The van der Waals surface area contributed by atoms with E-state index in [2.05, 4.69) is 10.1 Å². The topological polar surface area (TPSA) is 76.4 Å². The molecule has 2 aromatic heterocycles. The first-order chi connectivity index (χ1) is 7.24. The SMILES string of the molecule is CCc1nc2ccc(C(O)CN)cn2n1. The molecule has 1 unspecified atom stereocenters. The maximum Gasteiger partial charge on any atom is 0.155 e. The third-order valence-electron chi connectivity index (χ3n) is 2.32. The Bertz CT molecular complexity index is 465. The van der Waals surface area contributed by atoms with Crippen molar-refractivity contribution in [2.45, 2.75) is 19.4 Å². The highest BCUT2D eigenvalue weighted by Gasteiger charge is 2.07. The molecule has 80 valence electrons. The Hall–Kier alpha value is -1.46. The summed E-state index contributed by atoms with van der Waals surface area (Å²) in [6, 6.07) is 3.65. The number of nitrogens with zero attached hydrogens (tertiary/aromatic N) is 3. The number of aromatic nitrogens is 3. The zero-order chi connectivity index (χ0) is 10.8. The minimum Gasteiger partial charge on any atom is -0.387 e. The summed E-state index contributed by atoms with van der Waals surface area (Å²) in [4.78, 5) is 4.30. The van der Waals surface area contributed by atoms with Gasteiger partial charge in [-0.05, 0) is 6.07 Å². The van der Waals surface area contributed by atoms with Crippen molar-refractivity contribution in [3.05, 3.63) is 29.7 Å². The maximum absolute atomic E-state index is 9.57. The lowest BCUT2D eigenvalue weighted by Crippen LogP contribution is -2.12. The second-order valence-electron chi connectivity index (χ2n) is 3.40. The zero-order valence-corrected chi connectivity index (χ0v) is 8.59. The predicted octanol–water partition coefficient (Wildman–Crippen LogP) is 0.284. The van der Waals surface area contributed by atoms with E-state index in [0.29, 0.717) is 0 Å². The largest absolute Gasteiger partial charge is 0.387 e. The molecule has 5 nitrogen and oxygen atoms in total. The molecule has 0 spiro atoms. The fourth-order valence-corrected chi connectivity index (χ4v) is 1.43. The molecule has 0 aromatic carbocycles. The van der Waals surface area contributed by atoms with Crippen molar-refractivity contribution in [2.75, 3.05) is 6.54 Å². The molecule has 0 aliphatic heterocycles. The van der Waals surface area contributed by atoms with Crippen LogP contribution in [0.1, 0.15) is 24.4 Å². The van der Waals surface area contributed by atoms with Gasteiger partial charge in [0.25, 0.3) is 0 Å². The molecule has 0 bridgehead atoms. The van der Waals surface area contributed by atoms with E-state index in [9.17, 15) is 5.11 Å². The van der Waals surface area contributed by atoms with Crippen molar-refractivity contribution >= 4 is 5.65 Å². The van der Waals surface area contributed by atoms with Gasteiger partial charge in [0.15, 0.2) is 11.5 Å². The lowest BCUT2D eigenvalue weighted by Gasteiger charge is -2.06. The van der Waals surface area contributed by atoms with Crippen molar-refractivity contribution in [2.24, 2.45) is 5.73 Å². The zero-order valence-electron chi connectivity index (χ0n) is 8.59. The first-order valence-corrected chi connectivity index (χ1v) is 4.98. The van der Waals surface area contributed by atoms with Crippen molar-refractivity contribution < 1.29 is 5.11 Å². The molecular formula is C10H14N4O. The Kier molecular flexibility index (Phi) is 2.66. The molecule has 0 aliphatic rings. The van der Waals surface area contributed by atoms with Gasteiger partial charge in [0.2, 0.25) is 0 Å². The summed E-state index contributed by atoms with van der Waals surface area (Å²) in [5, 5.41) is 13.8. The normalized spacial score (nSPS) is 13.3. The molecule has 1 atom stereocenters. The van der Waals surface area contributed by atoms with Crippen molar-refractivity contribution in [3.8, 4) is 0 Å². The van der Waals surface area contributed by atoms with E-state index in [1.54, 1.807) is 10.7 Å². The highest BCUT2D eigenvalue weighted by Crippen LogP contribution is 2.12. The Morgan fingerprint density at radius 3 is 3.00 bits per heavy atom. The first-order valence-electron chi connectivity index (χ1n) is 4.98. The van der Waals surface area contributed by atoms with Crippen molar-refractivity contribution in [1.82, 2.24) is 14.6 Å². The number of aliphatic hydroxyl groups excluding tert-OH is 1. The van der Waals surface area contributed by atoms with Gasteiger partial charge in [0, 0.05) is 24.7 Å². The number of fused-ring (bicyclic) bond motifs is 1. The molecule has 3 N–H and O–H groups in total. The van der Waals surface area contributed by atoms with Gasteiger partial charge in [-0.3, -0.25) is 0 Å². The van der Waals surface area contributed by atoms with Crippen LogP contribution in [0.5, 0.6) is 0 Å². The van der Waals surface area contributed by atoms with Gasteiger partial charge < -0.3 is 10.8 Å². The highest BCUT2D eigenvalue weighted by atomic mass is 16.3. The van der Waals surface area contributed by atoms with Gasteiger partial charge in [-0.15, -0.1) is 0 Å². The van der Waals surface area contributed by atoms with Crippen LogP contribution in [0.15, 0.2) is 18.3 Å². The molecule has 0 aliphatic carbocycles. The number of hydrogen-bond donors (Lipinski definition) is 2. The van der Waals surface area contributed by atoms with Crippen LogP contribution in [0.25, 0.3) is 5.65 Å². The minimum absolute atomic E-state index is 0.209. The monoisotopic (exact) mass is 206 g/mol. The lowest BCUT2D eigenvalue weighted by molar-refractivity contribution is 0.186. The van der Waals surface area contributed by atoms with E-state index in [4.69, 9.17) is 5.73 Å². The van der Waals surface area contributed by atoms with Gasteiger partial charge in [0.1, 0.15) is 0 Å². The van der Waals surface area contributed by atoms with Crippen molar-refractivity contribution in [3.63, 3.8) is 0 Å². The Morgan fingerprint density at radius 2 is 2.33 bits per heavy atom. The molecule has 15 heavy (non-hydrogen) atoms. The predicted molar refractivity (Wildman–Crippen MR) is 56.4 cm³/mol. The molecule has 2 heterocycles. The van der Waals surface area contributed by atoms with E-state index in [-0.39, 0.29) is 6.54 Å². The standard InChI is InChI=1S/C10H14N4O/c1-2-9-12-10-4-3-7(8(15)5-11)6-14(10)13-9/h3-4,6,8,15H,2,5,11H2,1H3. The Labute approximate surface area is 87.6 Å². The summed E-state index contributed by atoms with van der Waals surface area (Å²) in [5.41, 5.74) is 6.94. The van der Waals surface area contributed by atoms with Crippen LogP contribution < -0.4 is 5.73 Å². The third-order valence-corrected chi connectivity index (χ3v) is 2.32. The minimum atomic E-state index is -0.635. The van der Waals surface area contributed by atoms with Crippen LogP contribution in [0.3, 0.4) is 0 Å². The van der Waals surface area contributed by atoms with Gasteiger partial charge in [-0.1, -0.05) is 13.0 Å². The highest BCUT2D eigenvalue weighted by molar-refractivity contribution is 5.39. The van der Waals surface area contributed by atoms with Crippen LogP contribution in [-0.4, -0.2) is 26.2 Å². The second kappa shape index (κ2) is 3.96. The van der Waals surface area contributed by atoms with E-state index in [1.807, 2.05) is 19.1 Å². The molecule has 0 radical (unpaired) electrons. The van der Waals surface area contributed by atoms with Crippen LogP contribution >= 0.6 is 0 Å². The fourth-order valence-electron chi connectivity index (χ4n) is 1.43. The summed E-state index contributed by atoms with van der Waals surface area (Å²) in [6.45, 7) is 2.21. The lowest BCUT2D eigenvalue weighted by atomic mass is 10.2. The molecule has 5 heteroatoms. The number of nitrogens with two attached hydrogens (primary N) is 1. The quantitative estimate of drug-likeness (QED) is 0.756. The molecule has 2 aromatic rings. The fraction of sp³-hybridized carbons (Fsp3) is 0.400. The Morgan fingerprint density at radius 1 is 1.53 bits per heavy atom. The van der Waals surface area contributed by atoms with Gasteiger partial charge >= 0.3 is 0 Å². The number of aryl methyl sites for hydroxylation is 1. The van der Waals surface area contributed by atoms with E-state index in [1.165, 1.54) is 0 Å². The molecule has 0 amide bonds.